The number of hydrogen-bond acceptors (Lipinski definition) is 8. The minimum Gasteiger partial charge on any atom is -0.443 e. The molecule has 24 heavy (non-hydrogen) atoms. The van der Waals surface area contributed by atoms with Crippen LogP contribution in [0, 0.1) is 0 Å². The Balaban J connectivity index is 0.000000129. The summed E-state index contributed by atoms with van der Waals surface area (Å²) >= 11 is 3.10. The predicted molar refractivity (Wildman–Crippen MR) is 92.7 cm³/mol. The van der Waals surface area contributed by atoms with Crippen molar-refractivity contribution in [3.05, 3.63) is 60.8 Å². The van der Waals surface area contributed by atoms with Gasteiger partial charge in [0, 0.05) is 11.6 Å². The smallest absolute Gasteiger partial charge is 0.255 e. The van der Waals surface area contributed by atoms with Gasteiger partial charge in [-0.2, -0.15) is 0 Å². The molecular formula is C16H10N4O2S2. The van der Waals surface area contributed by atoms with Crippen molar-refractivity contribution >= 4 is 32.9 Å². The van der Waals surface area contributed by atoms with Gasteiger partial charge in [-0.1, -0.05) is 12.1 Å². The second-order valence-electron chi connectivity index (χ2n) is 4.50. The van der Waals surface area contributed by atoms with Gasteiger partial charge in [-0.3, -0.25) is 0 Å². The van der Waals surface area contributed by atoms with E-state index in [9.17, 15) is 0 Å². The van der Waals surface area contributed by atoms with Crippen LogP contribution in [0.4, 0.5) is 0 Å². The summed E-state index contributed by atoms with van der Waals surface area (Å²) in [5.74, 6) is 1.18. The number of fused-ring (bicyclic) bond motifs is 1. The Morgan fingerprint density at radius 3 is 2.17 bits per heavy atom. The van der Waals surface area contributed by atoms with Gasteiger partial charge in [-0.05, 0) is 12.1 Å². The zero-order valence-corrected chi connectivity index (χ0v) is 13.8. The monoisotopic (exact) mass is 354 g/mol. The molecule has 0 atom stereocenters. The van der Waals surface area contributed by atoms with Crippen LogP contribution in [0.25, 0.3) is 32.0 Å². The third kappa shape index (κ3) is 3.10. The third-order valence-corrected chi connectivity index (χ3v) is 4.74. The summed E-state index contributed by atoms with van der Waals surface area (Å²) in [6.07, 6.45) is 8.06. The van der Waals surface area contributed by atoms with E-state index < -0.39 is 0 Å². The van der Waals surface area contributed by atoms with Crippen LogP contribution in [-0.4, -0.2) is 19.9 Å². The van der Waals surface area contributed by atoms with Gasteiger partial charge in [0.1, 0.15) is 12.5 Å². The van der Waals surface area contributed by atoms with E-state index >= 15 is 0 Å². The number of thiazole rings is 2. The van der Waals surface area contributed by atoms with Crippen molar-refractivity contribution in [2.45, 2.75) is 0 Å². The number of aromatic nitrogens is 4. The Bertz CT molecular complexity index is 941. The summed E-state index contributed by atoms with van der Waals surface area (Å²) < 4.78 is 11.4. The lowest BCUT2D eigenvalue weighted by atomic mass is 10.3. The van der Waals surface area contributed by atoms with Gasteiger partial charge >= 0.3 is 0 Å². The minimum atomic E-state index is 0.589. The highest BCUT2D eigenvalue weighted by Crippen LogP contribution is 2.28. The number of hydrogen-bond donors (Lipinski definition) is 0. The average molecular weight is 354 g/mol. The van der Waals surface area contributed by atoms with E-state index in [-0.39, 0.29) is 0 Å². The molecule has 8 heteroatoms. The maximum atomic E-state index is 5.19. The third-order valence-electron chi connectivity index (χ3n) is 2.96. The molecular weight excluding hydrogens is 344 g/mol. The first kappa shape index (κ1) is 14.7. The van der Waals surface area contributed by atoms with Crippen LogP contribution in [0.5, 0.6) is 0 Å². The van der Waals surface area contributed by atoms with Crippen molar-refractivity contribution in [3.8, 4) is 21.8 Å². The predicted octanol–water partition coefficient (Wildman–Crippen LogP) is 4.75. The summed E-state index contributed by atoms with van der Waals surface area (Å²) in [5.41, 5.74) is 0.991. The van der Waals surface area contributed by atoms with Gasteiger partial charge < -0.3 is 8.83 Å². The fourth-order valence-corrected chi connectivity index (χ4v) is 3.43. The van der Waals surface area contributed by atoms with Crippen molar-refractivity contribution < 1.29 is 8.83 Å². The van der Waals surface area contributed by atoms with Crippen LogP contribution in [0.3, 0.4) is 0 Å². The Hall–Kier alpha value is -2.84. The average Bonchev–Trinajstić information content (AvgIpc) is 3.44. The second-order valence-corrected chi connectivity index (χ2v) is 6.42. The van der Waals surface area contributed by atoms with Crippen LogP contribution in [0.15, 0.2) is 69.6 Å². The van der Waals surface area contributed by atoms with E-state index in [1.165, 1.54) is 17.6 Å². The Morgan fingerprint density at radius 2 is 1.54 bits per heavy atom. The zero-order chi connectivity index (χ0) is 16.2. The molecule has 0 N–H and O–H groups in total. The van der Waals surface area contributed by atoms with Gasteiger partial charge in [-0.15, -0.1) is 22.7 Å². The first-order valence-corrected chi connectivity index (χ1v) is 8.64. The van der Waals surface area contributed by atoms with Gasteiger partial charge in [0.15, 0.2) is 10.0 Å². The van der Waals surface area contributed by atoms with Crippen LogP contribution in [0.1, 0.15) is 0 Å². The molecule has 0 saturated carbocycles. The van der Waals surface area contributed by atoms with E-state index in [4.69, 9.17) is 8.83 Å². The first-order valence-electron chi connectivity index (χ1n) is 6.95. The summed E-state index contributed by atoms with van der Waals surface area (Å²) in [6, 6.07) is 8.00. The Labute approximate surface area is 144 Å². The van der Waals surface area contributed by atoms with E-state index in [1.54, 1.807) is 36.2 Å². The normalized spacial score (nSPS) is 10.5. The molecule has 0 aliphatic heterocycles. The van der Waals surface area contributed by atoms with Gasteiger partial charge in [0.25, 0.3) is 11.8 Å². The molecule has 118 valence electrons. The highest BCUT2D eigenvalue weighted by Gasteiger charge is 2.08. The number of para-hydroxylation sites is 1. The summed E-state index contributed by atoms with van der Waals surface area (Å²) in [4.78, 5) is 16.4. The molecule has 0 bridgehead atoms. The number of benzene rings is 1. The molecule has 1 aromatic carbocycles. The highest BCUT2D eigenvalue weighted by atomic mass is 32.1. The number of nitrogens with zero attached hydrogens (tertiary/aromatic N) is 4. The van der Waals surface area contributed by atoms with Crippen molar-refractivity contribution in [1.82, 2.24) is 19.9 Å². The fourth-order valence-electron chi connectivity index (χ4n) is 1.95. The minimum absolute atomic E-state index is 0.589. The maximum Gasteiger partial charge on any atom is 0.255 e. The summed E-state index contributed by atoms with van der Waals surface area (Å²) in [6.45, 7) is 0. The standard InChI is InChI=1S/C10H6N2OS.C6H4N2OS/c1-2-4-8-7(3-1)12-10(14-8)9-11-5-6-13-9;1-3-9-5(7-1)6-8-2-4-10-6/h1-6H;1-4H. The molecule has 0 saturated heterocycles. The van der Waals surface area contributed by atoms with Crippen LogP contribution < -0.4 is 0 Å². The Morgan fingerprint density at radius 1 is 0.792 bits per heavy atom. The molecule has 4 aromatic heterocycles. The molecule has 6 nitrogen and oxygen atoms in total. The molecule has 0 spiro atoms. The molecule has 0 unspecified atom stereocenters. The first-order chi connectivity index (χ1) is 11.9. The highest BCUT2D eigenvalue weighted by molar-refractivity contribution is 7.21. The van der Waals surface area contributed by atoms with Crippen LogP contribution in [0.2, 0.25) is 0 Å². The molecule has 0 amide bonds. The quantitative estimate of drug-likeness (QED) is 0.455. The number of rotatable bonds is 2. The SMILES string of the molecule is c1ccc2sc(-c3ncco3)nc2c1.c1coc(-c2nccs2)n1. The van der Waals surface area contributed by atoms with E-state index in [0.717, 1.165) is 20.2 Å². The molecule has 0 radical (unpaired) electrons. The van der Waals surface area contributed by atoms with Gasteiger partial charge in [0.2, 0.25) is 0 Å². The van der Waals surface area contributed by atoms with E-state index in [1.807, 2.05) is 29.6 Å². The molecule has 0 fully saturated rings. The fraction of sp³-hybridized carbons (Fsp3) is 0. The van der Waals surface area contributed by atoms with Crippen molar-refractivity contribution in [3.63, 3.8) is 0 Å². The lowest BCUT2D eigenvalue weighted by Crippen LogP contribution is -1.72. The summed E-state index contributed by atoms with van der Waals surface area (Å²) in [5, 5.41) is 3.54. The van der Waals surface area contributed by atoms with E-state index in [2.05, 4.69) is 19.9 Å². The van der Waals surface area contributed by atoms with Gasteiger partial charge in [0.05, 0.1) is 22.6 Å². The second kappa shape index (κ2) is 6.73. The largest absolute Gasteiger partial charge is 0.443 e. The maximum absolute atomic E-state index is 5.19. The number of oxazole rings is 2. The molecule has 4 heterocycles. The molecule has 0 aliphatic carbocycles. The van der Waals surface area contributed by atoms with Crippen LogP contribution in [-0.2, 0) is 0 Å². The summed E-state index contributed by atoms with van der Waals surface area (Å²) in [7, 11) is 0. The van der Waals surface area contributed by atoms with Crippen LogP contribution >= 0.6 is 22.7 Å². The topological polar surface area (TPSA) is 77.8 Å². The zero-order valence-electron chi connectivity index (χ0n) is 12.2. The Kier molecular flexibility index (Phi) is 4.13. The van der Waals surface area contributed by atoms with Gasteiger partial charge in [-0.25, -0.2) is 19.9 Å². The lowest BCUT2D eigenvalue weighted by molar-refractivity contribution is 0.574. The lowest BCUT2D eigenvalue weighted by Gasteiger charge is -1.82. The van der Waals surface area contributed by atoms with E-state index in [0.29, 0.717) is 11.8 Å². The molecule has 0 aliphatic rings. The van der Waals surface area contributed by atoms with Crippen molar-refractivity contribution in [2.24, 2.45) is 0 Å². The van der Waals surface area contributed by atoms with Crippen molar-refractivity contribution in [2.75, 3.05) is 0 Å². The van der Waals surface area contributed by atoms with Crippen molar-refractivity contribution in [1.29, 1.82) is 0 Å². The molecule has 5 rings (SSSR count). The molecule has 5 aromatic rings.